The number of anilines is 2. The number of nitrogens with one attached hydrogen (secondary N) is 2. The summed E-state index contributed by atoms with van der Waals surface area (Å²) < 4.78 is 5.45. The van der Waals surface area contributed by atoms with Gasteiger partial charge in [-0.05, 0) is 23.8 Å². The van der Waals surface area contributed by atoms with Crippen LogP contribution in [0.25, 0.3) is 22.2 Å². The second kappa shape index (κ2) is 10.7. The van der Waals surface area contributed by atoms with Crippen molar-refractivity contribution in [3.8, 4) is 11.3 Å². The molecule has 0 unspecified atom stereocenters. The van der Waals surface area contributed by atoms with Gasteiger partial charge in [0.1, 0.15) is 18.0 Å². The summed E-state index contributed by atoms with van der Waals surface area (Å²) in [6, 6.07) is 13.7. The third-order valence-electron chi connectivity index (χ3n) is 6.44. The number of ether oxygens (including phenoxy) is 1. The van der Waals surface area contributed by atoms with Gasteiger partial charge in [0.15, 0.2) is 0 Å². The molecular weight excluding hydrogens is 454 g/mol. The van der Waals surface area contributed by atoms with Crippen molar-refractivity contribution in [2.45, 2.75) is 12.8 Å². The third kappa shape index (κ3) is 4.96. The van der Waals surface area contributed by atoms with Crippen molar-refractivity contribution in [3.05, 3.63) is 72.3 Å². The maximum absolute atomic E-state index is 12.3. The maximum Gasteiger partial charge on any atom is 0.251 e. The van der Waals surface area contributed by atoms with Crippen LogP contribution in [-0.4, -0.2) is 65.7 Å². The molecule has 4 heterocycles. The molecule has 0 radical (unpaired) electrons. The number of carbonyl (C=O) groups excluding carboxylic acids is 1. The fourth-order valence-electron chi connectivity index (χ4n) is 4.45. The van der Waals surface area contributed by atoms with Crippen molar-refractivity contribution < 1.29 is 9.53 Å². The van der Waals surface area contributed by atoms with Crippen LogP contribution in [0.2, 0.25) is 0 Å². The lowest BCUT2D eigenvalue weighted by atomic mass is 9.96. The van der Waals surface area contributed by atoms with Gasteiger partial charge in [0.25, 0.3) is 5.91 Å². The van der Waals surface area contributed by atoms with Crippen molar-refractivity contribution in [2.24, 2.45) is 0 Å². The fraction of sp³-hybridized carbons (Fsp3) is 0.296. The van der Waals surface area contributed by atoms with Crippen molar-refractivity contribution in [1.82, 2.24) is 25.3 Å². The van der Waals surface area contributed by atoms with E-state index >= 15 is 0 Å². The standard InChI is InChI=1S/C27H29N7O2/c1-18(20-4-3-5-21-22(27(35)28-2)7-9-30-26(20)21)16-31-24-15-23(32-17-33-24)19-6-8-29-25(14-19)34-10-12-36-13-11-34/h3-9,14-15,17-18H,10-13,16H2,1-2H3,(H,28,35)(H,31,32,33)/t18-/m1/s1. The zero-order valence-corrected chi connectivity index (χ0v) is 20.4. The number of fused-ring (bicyclic) bond motifs is 1. The molecule has 9 nitrogen and oxygen atoms in total. The summed E-state index contributed by atoms with van der Waals surface area (Å²) in [4.78, 5) is 32.5. The van der Waals surface area contributed by atoms with E-state index in [2.05, 4.69) is 54.5 Å². The molecule has 1 aromatic carbocycles. The van der Waals surface area contributed by atoms with Crippen LogP contribution in [0.15, 0.2) is 61.2 Å². The Kier molecular flexibility index (Phi) is 6.99. The largest absolute Gasteiger partial charge is 0.378 e. The predicted molar refractivity (Wildman–Crippen MR) is 140 cm³/mol. The number of rotatable bonds is 7. The van der Waals surface area contributed by atoms with Gasteiger partial charge in [-0.2, -0.15) is 0 Å². The summed E-state index contributed by atoms with van der Waals surface area (Å²) >= 11 is 0. The summed E-state index contributed by atoms with van der Waals surface area (Å²) in [5, 5.41) is 6.99. The Morgan fingerprint density at radius 2 is 1.89 bits per heavy atom. The first-order valence-corrected chi connectivity index (χ1v) is 12.1. The zero-order valence-electron chi connectivity index (χ0n) is 20.4. The van der Waals surface area contributed by atoms with Crippen molar-refractivity contribution in [1.29, 1.82) is 0 Å². The number of amides is 1. The summed E-state index contributed by atoms with van der Waals surface area (Å²) in [5.74, 6) is 1.69. The number of carbonyl (C=O) groups is 1. The Hall–Kier alpha value is -4.11. The minimum Gasteiger partial charge on any atom is -0.378 e. The van der Waals surface area contributed by atoms with Crippen LogP contribution >= 0.6 is 0 Å². The molecular formula is C27H29N7O2. The van der Waals surface area contributed by atoms with Crippen molar-refractivity contribution >= 4 is 28.4 Å². The van der Waals surface area contributed by atoms with Gasteiger partial charge in [-0.3, -0.25) is 9.78 Å². The molecule has 1 atom stereocenters. The van der Waals surface area contributed by atoms with Gasteiger partial charge in [-0.25, -0.2) is 15.0 Å². The fourth-order valence-corrected chi connectivity index (χ4v) is 4.45. The molecule has 36 heavy (non-hydrogen) atoms. The number of nitrogens with zero attached hydrogens (tertiary/aromatic N) is 5. The van der Waals surface area contributed by atoms with E-state index in [0.717, 1.165) is 52.4 Å². The number of para-hydroxylation sites is 1. The lowest BCUT2D eigenvalue weighted by molar-refractivity contribution is 0.0964. The summed E-state index contributed by atoms with van der Waals surface area (Å²) in [5.41, 5.74) is 4.36. The van der Waals surface area contributed by atoms with E-state index in [9.17, 15) is 4.79 Å². The Bertz CT molecular complexity index is 1370. The van der Waals surface area contributed by atoms with Gasteiger partial charge in [0.2, 0.25) is 0 Å². The summed E-state index contributed by atoms with van der Waals surface area (Å²) in [7, 11) is 1.64. The first-order valence-electron chi connectivity index (χ1n) is 12.1. The molecule has 3 aromatic heterocycles. The Morgan fingerprint density at radius 1 is 1.06 bits per heavy atom. The topological polar surface area (TPSA) is 105 Å². The quantitative estimate of drug-likeness (QED) is 0.412. The van der Waals surface area contributed by atoms with E-state index in [1.54, 1.807) is 25.6 Å². The third-order valence-corrected chi connectivity index (χ3v) is 6.44. The average molecular weight is 484 g/mol. The van der Waals surface area contributed by atoms with Gasteiger partial charge in [-0.15, -0.1) is 0 Å². The number of hydrogen-bond acceptors (Lipinski definition) is 8. The highest BCUT2D eigenvalue weighted by atomic mass is 16.5. The normalized spacial score (nSPS) is 14.4. The van der Waals surface area contributed by atoms with Gasteiger partial charge >= 0.3 is 0 Å². The molecule has 5 rings (SSSR count). The molecule has 0 aliphatic carbocycles. The lowest BCUT2D eigenvalue weighted by Gasteiger charge is -2.28. The number of pyridine rings is 2. The van der Waals surface area contributed by atoms with E-state index in [4.69, 9.17) is 4.74 Å². The van der Waals surface area contributed by atoms with Crippen LogP contribution in [0, 0.1) is 0 Å². The number of hydrogen-bond donors (Lipinski definition) is 2. The first kappa shape index (κ1) is 23.6. The van der Waals surface area contributed by atoms with Gasteiger partial charge in [-0.1, -0.05) is 25.1 Å². The molecule has 1 aliphatic rings. The van der Waals surface area contributed by atoms with Crippen LogP contribution in [0.3, 0.4) is 0 Å². The molecule has 4 aromatic rings. The van der Waals surface area contributed by atoms with Crippen LogP contribution in [0.5, 0.6) is 0 Å². The van der Waals surface area contributed by atoms with E-state index in [1.807, 2.05) is 30.5 Å². The maximum atomic E-state index is 12.3. The molecule has 0 saturated carbocycles. The van der Waals surface area contributed by atoms with Crippen LogP contribution in [0.1, 0.15) is 28.8 Å². The van der Waals surface area contributed by atoms with Crippen LogP contribution < -0.4 is 15.5 Å². The van der Waals surface area contributed by atoms with Crippen molar-refractivity contribution in [2.75, 3.05) is 50.1 Å². The zero-order chi connectivity index (χ0) is 24.9. The van der Waals surface area contributed by atoms with Gasteiger partial charge in [0, 0.05) is 62.0 Å². The predicted octanol–water partition coefficient (Wildman–Crippen LogP) is 3.50. The second-order valence-electron chi connectivity index (χ2n) is 8.75. The average Bonchev–Trinajstić information content (AvgIpc) is 2.95. The number of benzene rings is 1. The molecule has 184 valence electrons. The molecule has 1 fully saturated rings. The molecule has 1 saturated heterocycles. The lowest BCUT2D eigenvalue weighted by Crippen LogP contribution is -2.36. The second-order valence-corrected chi connectivity index (χ2v) is 8.75. The minimum absolute atomic E-state index is 0.119. The minimum atomic E-state index is -0.119. The molecule has 1 amide bonds. The summed E-state index contributed by atoms with van der Waals surface area (Å²) in [6.45, 7) is 5.87. The number of aromatic nitrogens is 4. The molecule has 0 spiro atoms. The first-order chi connectivity index (χ1) is 17.6. The Morgan fingerprint density at radius 3 is 2.72 bits per heavy atom. The van der Waals surface area contributed by atoms with E-state index < -0.39 is 0 Å². The molecule has 1 aliphatic heterocycles. The SMILES string of the molecule is CNC(=O)c1ccnc2c([C@H](C)CNc3cc(-c4ccnc(N5CCOCC5)c4)ncn3)cccc12. The van der Waals surface area contributed by atoms with Crippen molar-refractivity contribution in [3.63, 3.8) is 0 Å². The van der Waals surface area contributed by atoms with Gasteiger partial charge in [0.05, 0.1) is 30.0 Å². The monoisotopic (exact) mass is 483 g/mol. The Balaban J connectivity index is 1.33. The Labute approximate surface area is 210 Å². The highest BCUT2D eigenvalue weighted by Gasteiger charge is 2.16. The smallest absolute Gasteiger partial charge is 0.251 e. The van der Waals surface area contributed by atoms with Crippen LogP contribution in [-0.2, 0) is 4.74 Å². The molecule has 9 heteroatoms. The highest BCUT2D eigenvalue weighted by Crippen LogP contribution is 2.27. The van der Waals surface area contributed by atoms with E-state index in [0.29, 0.717) is 25.3 Å². The summed E-state index contributed by atoms with van der Waals surface area (Å²) in [6.07, 6.45) is 5.08. The van der Waals surface area contributed by atoms with Crippen LogP contribution in [0.4, 0.5) is 11.6 Å². The highest BCUT2D eigenvalue weighted by molar-refractivity contribution is 6.06. The van der Waals surface area contributed by atoms with Gasteiger partial charge < -0.3 is 20.3 Å². The van der Waals surface area contributed by atoms with E-state index in [1.165, 1.54) is 0 Å². The molecule has 0 bridgehead atoms. The van der Waals surface area contributed by atoms with E-state index in [-0.39, 0.29) is 11.8 Å². The number of morpholine rings is 1. The molecule has 2 N–H and O–H groups in total.